The minimum atomic E-state index is -0.532. The Morgan fingerprint density at radius 3 is 2.29 bits per heavy atom. The third kappa shape index (κ3) is 6.94. The van der Waals surface area contributed by atoms with Gasteiger partial charge in [-0.15, -0.1) is 0 Å². The SMILES string of the molecule is CC(NC(=O)C(C)(C)C)C(=O)NCCCCO. The molecule has 0 rings (SSSR count). The lowest BCUT2D eigenvalue weighted by Gasteiger charge is -2.21. The maximum absolute atomic E-state index is 11.6. The zero-order chi connectivity index (χ0) is 13.5. The van der Waals surface area contributed by atoms with Crippen LogP contribution in [-0.2, 0) is 9.59 Å². The van der Waals surface area contributed by atoms with Crippen molar-refractivity contribution < 1.29 is 14.7 Å². The molecule has 2 amide bonds. The first kappa shape index (κ1) is 15.9. The molecule has 0 fully saturated rings. The van der Waals surface area contributed by atoms with Crippen LogP contribution in [0.3, 0.4) is 0 Å². The number of carbonyl (C=O) groups is 2. The highest BCUT2D eigenvalue weighted by Crippen LogP contribution is 2.12. The second-order valence-electron chi connectivity index (χ2n) is 5.17. The van der Waals surface area contributed by atoms with E-state index < -0.39 is 11.5 Å². The van der Waals surface area contributed by atoms with E-state index in [1.165, 1.54) is 0 Å². The van der Waals surface area contributed by atoms with E-state index in [0.717, 1.165) is 6.42 Å². The van der Waals surface area contributed by atoms with Crippen molar-refractivity contribution in [3.05, 3.63) is 0 Å². The van der Waals surface area contributed by atoms with Gasteiger partial charge in [0, 0.05) is 18.6 Å². The van der Waals surface area contributed by atoms with E-state index in [-0.39, 0.29) is 18.4 Å². The average molecular weight is 244 g/mol. The first-order valence-electron chi connectivity index (χ1n) is 5.98. The molecule has 3 N–H and O–H groups in total. The Kier molecular flexibility index (Phi) is 6.80. The first-order chi connectivity index (χ1) is 7.79. The maximum atomic E-state index is 11.6. The van der Waals surface area contributed by atoms with Gasteiger partial charge in [-0.1, -0.05) is 20.8 Å². The zero-order valence-corrected chi connectivity index (χ0v) is 11.2. The summed E-state index contributed by atoms with van der Waals surface area (Å²) in [6, 6.07) is -0.532. The molecule has 100 valence electrons. The van der Waals surface area contributed by atoms with Gasteiger partial charge in [-0.25, -0.2) is 0 Å². The van der Waals surface area contributed by atoms with Crippen molar-refractivity contribution in [2.45, 2.75) is 46.6 Å². The van der Waals surface area contributed by atoms with Gasteiger partial charge < -0.3 is 15.7 Å². The number of nitrogens with one attached hydrogen (secondary N) is 2. The molecule has 0 aromatic heterocycles. The van der Waals surface area contributed by atoms with Gasteiger partial charge in [0.2, 0.25) is 11.8 Å². The van der Waals surface area contributed by atoms with E-state index in [0.29, 0.717) is 13.0 Å². The van der Waals surface area contributed by atoms with Gasteiger partial charge in [0.1, 0.15) is 6.04 Å². The number of hydrogen-bond acceptors (Lipinski definition) is 3. The molecule has 5 heteroatoms. The Labute approximate surface area is 103 Å². The monoisotopic (exact) mass is 244 g/mol. The lowest BCUT2D eigenvalue weighted by molar-refractivity contribution is -0.133. The molecule has 0 spiro atoms. The van der Waals surface area contributed by atoms with Crippen LogP contribution in [0.2, 0.25) is 0 Å². The van der Waals surface area contributed by atoms with Crippen LogP contribution in [0.15, 0.2) is 0 Å². The summed E-state index contributed by atoms with van der Waals surface area (Å²) in [7, 11) is 0. The van der Waals surface area contributed by atoms with Crippen LogP contribution in [-0.4, -0.2) is 36.1 Å². The normalized spacial score (nSPS) is 13.0. The second kappa shape index (κ2) is 7.27. The zero-order valence-electron chi connectivity index (χ0n) is 11.2. The highest BCUT2D eigenvalue weighted by atomic mass is 16.3. The van der Waals surface area contributed by atoms with Gasteiger partial charge in [-0.3, -0.25) is 9.59 Å². The topological polar surface area (TPSA) is 78.4 Å². The summed E-state index contributed by atoms with van der Waals surface area (Å²) >= 11 is 0. The van der Waals surface area contributed by atoms with Gasteiger partial charge in [-0.05, 0) is 19.8 Å². The molecule has 0 heterocycles. The third-order valence-corrected chi connectivity index (χ3v) is 2.31. The predicted molar refractivity (Wildman–Crippen MR) is 66.4 cm³/mol. The lowest BCUT2D eigenvalue weighted by Crippen LogP contribution is -2.48. The largest absolute Gasteiger partial charge is 0.396 e. The summed E-state index contributed by atoms with van der Waals surface area (Å²) in [6.45, 7) is 7.71. The van der Waals surface area contributed by atoms with E-state index in [1.807, 2.05) is 0 Å². The number of hydrogen-bond donors (Lipinski definition) is 3. The van der Waals surface area contributed by atoms with Gasteiger partial charge in [0.05, 0.1) is 0 Å². The standard InChI is InChI=1S/C12H24N2O3/c1-9(14-11(17)12(2,3)4)10(16)13-7-5-6-8-15/h9,15H,5-8H2,1-4H3,(H,13,16)(H,14,17). The molecule has 0 aliphatic heterocycles. The minimum Gasteiger partial charge on any atom is -0.396 e. The van der Waals surface area contributed by atoms with Gasteiger partial charge in [0.15, 0.2) is 0 Å². The Morgan fingerprint density at radius 1 is 1.24 bits per heavy atom. The van der Waals surface area contributed by atoms with Gasteiger partial charge in [0.25, 0.3) is 0 Å². The lowest BCUT2D eigenvalue weighted by atomic mass is 9.95. The van der Waals surface area contributed by atoms with E-state index >= 15 is 0 Å². The van der Waals surface area contributed by atoms with Crippen LogP contribution >= 0.6 is 0 Å². The van der Waals surface area contributed by atoms with Crippen LogP contribution in [0.1, 0.15) is 40.5 Å². The van der Waals surface area contributed by atoms with Gasteiger partial charge in [-0.2, -0.15) is 0 Å². The molecule has 1 atom stereocenters. The van der Waals surface area contributed by atoms with Crippen molar-refractivity contribution in [2.75, 3.05) is 13.2 Å². The fourth-order valence-electron chi connectivity index (χ4n) is 1.08. The first-order valence-corrected chi connectivity index (χ1v) is 5.98. The number of aliphatic hydroxyl groups is 1. The van der Waals surface area contributed by atoms with Crippen LogP contribution in [0.4, 0.5) is 0 Å². The van der Waals surface area contributed by atoms with E-state index in [2.05, 4.69) is 10.6 Å². The highest BCUT2D eigenvalue weighted by Gasteiger charge is 2.24. The van der Waals surface area contributed by atoms with Crippen molar-refractivity contribution in [2.24, 2.45) is 5.41 Å². The Hall–Kier alpha value is -1.10. The van der Waals surface area contributed by atoms with Crippen LogP contribution < -0.4 is 10.6 Å². The second-order valence-corrected chi connectivity index (χ2v) is 5.17. The maximum Gasteiger partial charge on any atom is 0.242 e. The fourth-order valence-corrected chi connectivity index (χ4v) is 1.08. The van der Waals surface area contributed by atoms with Gasteiger partial charge >= 0.3 is 0 Å². The molecular weight excluding hydrogens is 220 g/mol. The Balaban J connectivity index is 3.94. The highest BCUT2D eigenvalue weighted by molar-refractivity contribution is 5.89. The number of amides is 2. The molecule has 1 unspecified atom stereocenters. The van der Waals surface area contributed by atoms with Crippen molar-refractivity contribution in [1.29, 1.82) is 0 Å². The molecule has 17 heavy (non-hydrogen) atoms. The summed E-state index contributed by atoms with van der Waals surface area (Å²) in [4.78, 5) is 23.2. The Bertz CT molecular complexity index is 259. The summed E-state index contributed by atoms with van der Waals surface area (Å²) in [5.41, 5.74) is -0.495. The molecule has 0 saturated carbocycles. The van der Waals surface area contributed by atoms with E-state index in [9.17, 15) is 9.59 Å². The number of rotatable bonds is 6. The quantitative estimate of drug-likeness (QED) is 0.593. The number of aliphatic hydroxyl groups excluding tert-OH is 1. The Morgan fingerprint density at radius 2 is 1.82 bits per heavy atom. The molecule has 0 radical (unpaired) electrons. The van der Waals surface area contributed by atoms with Crippen molar-refractivity contribution in [3.63, 3.8) is 0 Å². The molecule has 0 aromatic carbocycles. The smallest absolute Gasteiger partial charge is 0.242 e. The minimum absolute atomic E-state index is 0.131. The number of unbranched alkanes of at least 4 members (excludes halogenated alkanes) is 1. The number of carbonyl (C=O) groups excluding carboxylic acids is 2. The average Bonchev–Trinajstić information content (AvgIpc) is 2.22. The summed E-state index contributed by atoms with van der Waals surface area (Å²) in [6.07, 6.45) is 1.41. The molecule has 0 aliphatic carbocycles. The molecular formula is C12H24N2O3. The van der Waals surface area contributed by atoms with E-state index in [4.69, 9.17) is 5.11 Å². The molecule has 0 bridgehead atoms. The fraction of sp³-hybridized carbons (Fsp3) is 0.833. The third-order valence-electron chi connectivity index (χ3n) is 2.31. The van der Waals surface area contributed by atoms with Crippen LogP contribution in [0, 0.1) is 5.41 Å². The summed E-state index contributed by atoms with van der Waals surface area (Å²) in [5.74, 6) is -0.337. The van der Waals surface area contributed by atoms with Crippen molar-refractivity contribution in [1.82, 2.24) is 10.6 Å². The van der Waals surface area contributed by atoms with E-state index in [1.54, 1.807) is 27.7 Å². The molecule has 0 aliphatic rings. The summed E-state index contributed by atoms with van der Waals surface area (Å²) < 4.78 is 0. The molecule has 0 aromatic rings. The van der Waals surface area contributed by atoms with Crippen LogP contribution in [0.5, 0.6) is 0 Å². The van der Waals surface area contributed by atoms with Crippen molar-refractivity contribution >= 4 is 11.8 Å². The predicted octanol–water partition coefficient (Wildman–Crippen LogP) is 0.426. The van der Waals surface area contributed by atoms with Crippen molar-refractivity contribution in [3.8, 4) is 0 Å². The van der Waals surface area contributed by atoms with Crippen LogP contribution in [0.25, 0.3) is 0 Å². The molecule has 0 saturated heterocycles. The molecule has 5 nitrogen and oxygen atoms in total. The summed E-state index contributed by atoms with van der Waals surface area (Å²) in [5, 5.41) is 13.9.